The topological polar surface area (TPSA) is 37.4 Å². The predicted octanol–water partition coefficient (Wildman–Crippen LogP) is 4.23. The summed E-state index contributed by atoms with van der Waals surface area (Å²) in [6, 6.07) is 12.4. The molecule has 2 aromatic rings. The van der Waals surface area contributed by atoms with Crippen LogP contribution in [0.1, 0.15) is 30.0 Å². The molecule has 1 atom stereocenters. The standard InChI is InChI=1S/C17H16F3NO2S/c18-17(19,20)14-10-8-13(9-11-14)16-7-4-12-21(16)24(22,23)15-5-2-1-3-6-15/h1-3,5-6,8-11,16H,4,7,12H2. The molecular weight excluding hydrogens is 339 g/mol. The smallest absolute Gasteiger partial charge is 0.207 e. The Hall–Kier alpha value is -1.86. The van der Waals surface area contributed by atoms with E-state index in [2.05, 4.69) is 0 Å². The lowest BCUT2D eigenvalue weighted by molar-refractivity contribution is -0.137. The van der Waals surface area contributed by atoms with Gasteiger partial charge in [0.25, 0.3) is 0 Å². The minimum atomic E-state index is -4.40. The van der Waals surface area contributed by atoms with E-state index in [9.17, 15) is 21.6 Å². The molecule has 3 rings (SSSR count). The molecule has 1 fully saturated rings. The van der Waals surface area contributed by atoms with E-state index in [1.165, 1.54) is 28.6 Å². The Labute approximate surface area is 138 Å². The van der Waals surface area contributed by atoms with Gasteiger partial charge in [0.2, 0.25) is 10.0 Å². The third-order valence-electron chi connectivity index (χ3n) is 4.18. The van der Waals surface area contributed by atoms with E-state index >= 15 is 0 Å². The molecule has 0 bridgehead atoms. The third kappa shape index (κ3) is 3.18. The zero-order chi connectivity index (χ0) is 17.4. The van der Waals surface area contributed by atoms with E-state index < -0.39 is 27.8 Å². The van der Waals surface area contributed by atoms with Crippen LogP contribution >= 0.6 is 0 Å². The molecule has 1 unspecified atom stereocenters. The molecular formula is C17H16F3NO2S. The van der Waals surface area contributed by atoms with Crippen molar-refractivity contribution in [3.8, 4) is 0 Å². The Morgan fingerprint density at radius 1 is 0.958 bits per heavy atom. The van der Waals surface area contributed by atoms with Gasteiger partial charge in [-0.3, -0.25) is 0 Å². The van der Waals surface area contributed by atoms with Crippen LogP contribution in [0.25, 0.3) is 0 Å². The minimum Gasteiger partial charge on any atom is -0.207 e. The molecule has 7 heteroatoms. The quantitative estimate of drug-likeness (QED) is 0.826. The summed E-state index contributed by atoms with van der Waals surface area (Å²) in [5, 5.41) is 0. The highest BCUT2D eigenvalue weighted by Crippen LogP contribution is 2.37. The van der Waals surface area contributed by atoms with Crippen LogP contribution in [0.4, 0.5) is 13.2 Å². The fourth-order valence-electron chi connectivity index (χ4n) is 2.98. The van der Waals surface area contributed by atoms with Crippen molar-refractivity contribution < 1.29 is 21.6 Å². The van der Waals surface area contributed by atoms with Gasteiger partial charge in [-0.15, -0.1) is 0 Å². The second kappa shape index (κ2) is 6.22. The van der Waals surface area contributed by atoms with Gasteiger partial charge in [-0.05, 0) is 42.7 Å². The first kappa shape index (κ1) is 17.0. The third-order valence-corrected chi connectivity index (χ3v) is 6.10. The summed E-state index contributed by atoms with van der Waals surface area (Å²) in [5.41, 5.74) is -0.151. The monoisotopic (exact) mass is 355 g/mol. The molecule has 0 aliphatic carbocycles. The van der Waals surface area contributed by atoms with Gasteiger partial charge in [0, 0.05) is 6.54 Å². The van der Waals surface area contributed by atoms with E-state index in [1.54, 1.807) is 18.2 Å². The van der Waals surface area contributed by atoms with Crippen molar-refractivity contribution in [1.82, 2.24) is 4.31 Å². The molecule has 0 N–H and O–H groups in total. The summed E-state index contributed by atoms with van der Waals surface area (Å²) in [7, 11) is -3.66. The summed E-state index contributed by atoms with van der Waals surface area (Å²) in [5.74, 6) is 0. The van der Waals surface area contributed by atoms with Crippen molar-refractivity contribution in [2.75, 3.05) is 6.54 Å². The molecule has 128 valence electrons. The van der Waals surface area contributed by atoms with Gasteiger partial charge in [-0.1, -0.05) is 30.3 Å². The second-order valence-electron chi connectivity index (χ2n) is 5.71. The summed E-state index contributed by atoms with van der Waals surface area (Å²) in [6.07, 6.45) is -3.13. The van der Waals surface area contributed by atoms with Crippen molar-refractivity contribution >= 4 is 10.0 Å². The first-order valence-electron chi connectivity index (χ1n) is 7.54. The Bertz CT molecular complexity index is 802. The van der Waals surface area contributed by atoms with Gasteiger partial charge in [-0.25, -0.2) is 8.42 Å². The maximum Gasteiger partial charge on any atom is 0.416 e. The maximum absolute atomic E-state index is 12.8. The van der Waals surface area contributed by atoms with Gasteiger partial charge in [-0.2, -0.15) is 17.5 Å². The number of halogens is 3. The van der Waals surface area contributed by atoms with Crippen LogP contribution in [-0.4, -0.2) is 19.3 Å². The Kier molecular flexibility index (Phi) is 4.40. The van der Waals surface area contributed by atoms with Gasteiger partial charge >= 0.3 is 6.18 Å². The molecule has 1 aliphatic rings. The Morgan fingerprint density at radius 3 is 2.17 bits per heavy atom. The van der Waals surface area contributed by atoms with Crippen LogP contribution in [0.15, 0.2) is 59.5 Å². The van der Waals surface area contributed by atoms with Crippen LogP contribution in [0.5, 0.6) is 0 Å². The van der Waals surface area contributed by atoms with Crippen LogP contribution in [-0.2, 0) is 16.2 Å². The molecule has 0 aromatic heterocycles. The summed E-state index contributed by atoms with van der Waals surface area (Å²) in [4.78, 5) is 0.198. The van der Waals surface area contributed by atoms with Crippen molar-refractivity contribution in [3.63, 3.8) is 0 Å². The molecule has 0 spiro atoms. The molecule has 1 aliphatic heterocycles. The lowest BCUT2D eigenvalue weighted by Gasteiger charge is -2.24. The number of hydrogen-bond donors (Lipinski definition) is 0. The number of alkyl halides is 3. The zero-order valence-electron chi connectivity index (χ0n) is 12.7. The molecule has 0 amide bonds. The lowest BCUT2D eigenvalue weighted by atomic mass is 10.0. The minimum absolute atomic E-state index is 0.198. The van der Waals surface area contributed by atoms with Gasteiger partial charge in [0.15, 0.2) is 0 Å². The van der Waals surface area contributed by atoms with Gasteiger partial charge in [0.1, 0.15) is 0 Å². The predicted molar refractivity (Wildman–Crippen MR) is 83.8 cm³/mol. The van der Waals surface area contributed by atoms with Crippen LogP contribution in [0.3, 0.4) is 0 Å². The first-order valence-corrected chi connectivity index (χ1v) is 8.98. The second-order valence-corrected chi connectivity index (χ2v) is 7.60. The van der Waals surface area contributed by atoms with E-state index in [-0.39, 0.29) is 4.90 Å². The average molecular weight is 355 g/mol. The van der Waals surface area contributed by atoms with E-state index in [0.717, 1.165) is 12.1 Å². The van der Waals surface area contributed by atoms with E-state index in [1.807, 2.05) is 0 Å². The molecule has 0 radical (unpaired) electrons. The Balaban J connectivity index is 1.91. The van der Waals surface area contributed by atoms with Crippen molar-refractivity contribution in [1.29, 1.82) is 0 Å². The SMILES string of the molecule is O=S(=O)(c1ccccc1)N1CCCC1c1ccc(C(F)(F)F)cc1. The number of benzene rings is 2. The number of hydrogen-bond acceptors (Lipinski definition) is 2. The summed E-state index contributed by atoms with van der Waals surface area (Å²) < 4.78 is 65.0. The Morgan fingerprint density at radius 2 is 1.58 bits per heavy atom. The van der Waals surface area contributed by atoms with Gasteiger partial charge < -0.3 is 0 Å². The van der Waals surface area contributed by atoms with E-state index in [0.29, 0.717) is 24.9 Å². The summed E-state index contributed by atoms with van der Waals surface area (Å²) >= 11 is 0. The van der Waals surface area contributed by atoms with Crippen molar-refractivity contribution in [2.45, 2.75) is 30.0 Å². The van der Waals surface area contributed by atoms with E-state index in [4.69, 9.17) is 0 Å². The largest absolute Gasteiger partial charge is 0.416 e. The van der Waals surface area contributed by atoms with Crippen LogP contribution < -0.4 is 0 Å². The number of nitrogens with zero attached hydrogens (tertiary/aromatic N) is 1. The fraction of sp³-hybridized carbons (Fsp3) is 0.294. The van der Waals surface area contributed by atoms with Crippen molar-refractivity contribution in [2.24, 2.45) is 0 Å². The molecule has 24 heavy (non-hydrogen) atoms. The molecule has 1 heterocycles. The molecule has 3 nitrogen and oxygen atoms in total. The first-order chi connectivity index (χ1) is 11.3. The fourth-order valence-corrected chi connectivity index (χ4v) is 4.69. The highest BCUT2D eigenvalue weighted by atomic mass is 32.2. The van der Waals surface area contributed by atoms with Crippen molar-refractivity contribution in [3.05, 3.63) is 65.7 Å². The lowest BCUT2D eigenvalue weighted by Crippen LogP contribution is -2.30. The molecule has 1 saturated heterocycles. The zero-order valence-corrected chi connectivity index (χ0v) is 13.5. The van der Waals surface area contributed by atoms with Crippen LogP contribution in [0, 0.1) is 0 Å². The average Bonchev–Trinajstić information content (AvgIpc) is 3.05. The van der Waals surface area contributed by atoms with Gasteiger partial charge in [0.05, 0.1) is 16.5 Å². The highest BCUT2D eigenvalue weighted by molar-refractivity contribution is 7.89. The molecule has 2 aromatic carbocycles. The normalized spacial score (nSPS) is 19.5. The highest BCUT2D eigenvalue weighted by Gasteiger charge is 2.37. The molecule has 0 saturated carbocycles. The summed E-state index contributed by atoms with van der Waals surface area (Å²) in [6.45, 7) is 0.364. The maximum atomic E-state index is 12.8. The number of sulfonamides is 1. The van der Waals surface area contributed by atoms with Crippen LogP contribution in [0.2, 0.25) is 0 Å². The number of rotatable bonds is 3.